The van der Waals surface area contributed by atoms with Gasteiger partial charge in [-0.05, 0) is 18.6 Å². The monoisotopic (exact) mass is 274 g/mol. The maximum absolute atomic E-state index is 12.7. The second-order valence-corrected chi connectivity index (χ2v) is 6.31. The van der Waals surface area contributed by atoms with Gasteiger partial charge in [-0.25, -0.2) is 0 Å². The van der Waals surface area contributed by atoms with Crippen LogP contribution >= 0.6 is 11.8 Å². The third kappa shape index (κ3) is 2.37. The smallest absolute Gasteiger partial charge is 0.256 e. The summed E-state index contributed by atoms with van der Waals surface area (Å²) in [6, 6.07) is 7.92. The molecule has 0 spiro atoms. The number of rotatable bonds is 2. The van der Waals surface area contributed by atoms with E-state index in [2.05, 4.69) is 11.9 Å². The molecule has 100 valence electrons. The van der Waals surface area contributed by atoms with Crippen molar-refractivity contribution in [3.8, 4) is 0 Å². The molecule has 3 rings (SSSR count). The number of aromatic amines is 1. The van der Waals surface area contributed by atoms with Gasteiger partial charge < -0.3 is 9.88 Å². The number of amides is 1. The molecule has 1 fully saturated rings. The Morgan fingerprint density at radius 3 is 3.21 bits per heavy atom. The maximum atomic E-state index is 12.7. The zero-order chi connectivity index (χ0) is 13.2. The molecule has 1 aromatic carbocycles. The maximum Gasteiger partial charge on any atom is 0.256 e. The van der Waals surface area contributed by atoms with Gasteiger partial charge in [-0.1, -0.05) is 19.1 Å². The van der Waals surface area contributed by atoms with Crippen LogP contribution in [0, 0.1) is 0 Å². The van der Waals surface area contributed by atoms with Crippen LogP contribution in [-0.2, 0) is 0 Å². The summed E-state index contributed by atoms with van der Waals surface area (Å²) in [6.45, 7) is 3.92. The van der Waals surface area contributed by atoms with Crippen molar-refractivity contribution < 1.29 is 4.79 Å². The molecule has 1 N–H and O–H groups in total. The van der Waals surface area contributed by atoms with Crippen LogP contribution in [0.5, 0.6) is 0 Å². The molecule has 3 nitrogen and oxygen atoms in total. The Bertz CT molecular complexity index is 593. The van der Waals surface area contributed by atoms with E-state index in [1.54, 1.807) is 0 Å². The van der Waals surface area contributed by atoms with Crippen molar-refractivity contribution in [1.29, 1.82) is 0 Å². The number of hydrogen-bond acceptors (Lipinski definition) is 2. The fourth-order valence-corrected chi connectivity index (χ4v) is 3.76. The van der Waals surface area contributed by atoms with Crippen molar-refractivity contribution in [2.75, 3.05) is 18.8 Å². The highest BCUT2D eigenvalue weighted by atomic mass is 32.2. The van der Waals surface area contributed by atoms with Crippen LogP contribution in [0.1, 0.15) is 23.7 Å². The fraction of sp³-hybridized carbons (Fsp3) is 0.400. The molecule has 2 aromatic rings. The lowest BCUT2D eigenvalue weighted by atomic mass is 10.1. The average Bonchev–Trinajstić information content (AvgIpc) is 2.95. The Morgan fingerprint density at radius 1 is 1.47 bits per heavy atom. The van der Waals surface area contributed by atoms with E-state index < -0.39 is 0 Å². The van der Waals surface area contributed by atoms with Crippen molar-refractivity contribution >= 4 is 28.6 Å². The Labute approximate surface area is 117 Å². The van der Waals surface area contributed by atoms with Gasteiger partial charge in [0.15, 0.2) is 0 Å². The third-order valence-corrected chi connectivity index (χ3v) is 5.07. The topological polar surface area (TPSA) is 36.1 Å². The Kier molecular flexibility index (Phi) is 3.51. The first-order chi connectivity index (χ1) is 9.29. The number of para-hydroxylation sites is 1. The summed E-state index contributed by atoms with van der Waals surface area (Å²) in [4.78, 5) is 17.9. The Balaban J connectivity index is 1.89. The second-order valence-electron chi connectivity index (χ2n) is 4.90. The van der Waals surface area contributed by atoms with Crippen LogP contribution in [0.3, 0.4) is 0 Å². The SMILES string of the molecule is CCC1CN(C(=O)c2cccc3cc[nH]c23)CCS1. The highest BCUT2D eigenvalue weighted by molar-refractivity contribution is 8.00. The van der Waals surface area contributed by atoms with Gasteiger partial charge in [-0.2, -0.15) is 11.8 Å². The normalized spacial score (nSPS) is 19.8. The molecule has 0 bridgehead atoms. The minimum absolute atomic E-state index is 0.159. The van der Waals surface area contributed by atoms with E-state index in [0.29, 0.717) is 5.25 Å². The first kappa shape index (κ1) is 12.6. The van der Waals surface area contributed by atoms with E-state index in [9.17, 15) is 4.79 Å². The molecule has 1 saturated heterocycles. The van der Waals surface area contributed by atoms with Gasteiger partial charge in [0.05, 0.1) is 11.1 Å². The van der Waals surface area contributed by atoms with Gasteiger partial charge in [-0.15, -0.1) is 0 Å². The molecular formula is C15H18N2OS. The van der Waals surface area contributed by atoms with E-state index in [0.717, 1.165) is 41.7 Å². The fourth-order valence-electron chi connectivity index (χ4n) is 2.58. The van der Waals surface area contributed by atoms with Gasteiger partial charge in [0.25, 0.3) is 5.91 Å². The largest absolute Gasteiger partial charge is 0.361 e. The summed E-state index contributed by atoms with van der Waals surface area (Å²) in [5.41, 5.74) is 1.75. The van der Waals surface area contributed by atoms with E-state index in [-0.39, 0.29) is 5.91 Å². The lowest BCUT2D eigenvalue weighted by Crippen LogP contribution is -2.41. The third-order valence-electron chi connectivity index (χ3n) is 3.70. The van der Waals surface area contributed by atoms with Gasteiger partial charge in [0, 0.05) is 35.7 Å². The number of hydrogen-bond donors (Lipinski definition) is 1. The van der Waals surface area contributed by atoms with Crippen LogP contribution in [-0.4, -0.2) is 39.9 Å². The number of carbonyl (C=O) groups excluding carboxylic acids is 1. The number of fused-ring (bicyclic) bond motifs is 1. The second kappa shape index (κ2) is 5.29. The summed E-state index contributed by atoms with van der Waals surface area (Å²) in [7, 11) is 0. The number of nitrogens with zero attached hydrogens (tertiary/aromatic N) is 1. The van der Waals surface area contributed by atoms with Crippen LogP contribution in [0.4, 0.5) is 0 Å². The van der Waals surface area contributed by atoms with E-state index >= 15 is 0 Å². The number of carbonyl (C=O) groups is 1. The van der Waals surface area contributed by atoms with Gasteiger partial charge in [-0.3, -0.25) is 4.79 Å². The average molecular weight is 274 g/mol. The zero-order valence-corrected chi connectivity index (χ0v) is 11.9. The molecule has 1 amide bonds. The van der Waals surface area contributed by atoms with Gasteiger partial charge >= 0.3 is 0 Å². The zero-order valence-electron chi connectivity index (χ0n) is 11.1. The van der Waals surface area contributed by atoms with Crippen molar-refractivity contribution in [1.82, 2.24) is 9.88 Å². The van der Waals surface area contributed by atoms with Crippen molar-refractivity contribution in [3.05, 3.63) is 36.0 Å². The number of thioether (sulfide) groups is 1. The highest BCUT2D eigenvalue weighted by Gasteiger charge is 2.24. The molecule has 0 aliphatic carbocycles. The van der Waals surface area contributed by atoms with Crippen LogP contribution in [0.2, 0.25) is 0 Å². The summed E-state index contributed by atoms with van der Waals surface area (Å²) in [5.74, 6) is 1.21. The van der Waals surface area contributed by atoms with Gasteiger partial charge in [0.1, 0.15) is 0 Å². The lowest BCUT2D eigenvalue weighted by molar-refractivity contribution is 0.0762. The first-order valence-corrected chi connectivity index (χ1v) is 7.81. The molecule has 1 aliphatic heterocycles. The minimum Gasteiger partial charge on any atom is -0.361 e. The summed E-state index contributed by atoms with van der Waals surface area (Å²) >= 11 is 1.98. The highest BCUT2D eigenvalue weighted by Crippen LogP contribution is 2.24. The molecule has 1 aromatic heterocycles. The van der Waals surface area contributed by atoms with Crippen LogP contribution in [0.15, 0.2) is 30.5 Å². The van der Waals surface area contributed by atoms with Gasteiger partial charge in [0.2, 0.25) is 0 Å². The number of benzene rings is 1. The van der Waals surface area contributed by atoms with E-state index in [4.69, 9.17) is 0 Å². The van der Waals surface area contributed by atoms with Crippen LogP contribution in [0.25, 0.3) is 10.9 Å². The van der Waals surface area contributed by atoms with Crippen molar-refractivity contribution in [2.45, 2.75) is 18.6 Å². The summed E-state index contributed by atoms with van der Waals surface area (Å²) < 4.78 is 0. The van der Waals surface area contributed by atoms with Crippen LogP contribution < -0.4 is 0 Å². The molecule has 1 atom stereocenters. The predicted molar refractivity (Wildman–Crippen MR) is 80.7 cm³/mol. The predicted octanol–water partition coefficient (Wildman–Crippen LogP) is 3.14. The first-order valence-electron chi connectivity index (χ1n) is 6.76. The molecule has 1 unspecified atom stereocenters. The molecular weight excluding hydrogens is 256 g/mol. The molecule has 19 heavy (non-hydrogen) atoms. The molecule has 4 heteroatoms. The molecule has 0 saturated carbocycles. The molecule has 2 heterocycles. The van der Waals surface area contributed by atoms with Crippen molar-refractivity contribution in [2.24, 2.45) is 0 Å². The standard InChI is InChI=1S/C15H18N2OS/c1-2-12-10-17(8-9-19-12)15(18)13-5-3-4-11-6-7-16-14(11)13/h3-7,12,16H,2,8-10H2,1H3. The van der Waals surface area contributed by atoms with E-state index in [1.807, 2.05) is 47.1 Å². The van der Waals surface area contributed by atoms with E-state index in [1.165, 1.54) is 0 Å². The Hall–Kier alpha value is -1.42. The minimum atomic E-state index is 0.159. The Morgan fingerprint density at radius 2 is 2.37 bits per heavy atom. The molecule has 0 radical (unpaired) electrons. The quantitative estimate of drug-likeness (QED) is 0.913. The number of H-pyrrole nitrogens is 1. The van der Waals surface area contributed by atoms with Crippen molar-refractivity contribution in [3.63, 3.8) is 0 Å². The summed E-state index contributed by atoms with van der Waals surface area (Å²) in [5, 5.41) is 1.69. The lowest BCUT2D eigenvalue weighted by Gasteiger charge is -2.32. The number of nitrogens with one attached hydrogen (secondary N) is 1. The molecule has 1 aliphatic rings. The summed E-state index contributed by atoms with van der Waals surface area (Å²) in [6.07, 6.45) is 3.02. The number of aromatic nitrogens is 1.